The normalized spacial score (nSPS) is 17.9. The van der Waals surface area contributed by atoms with E-state index < -0.39 is 15.8 Å². The lowest BCUT2D eigenvalue weighted by atomic mass is 10.3. The third kappa shape index (κ3) is 2.70. The molecule has 4 nitrogen and oxygen atoms in total. The quantitative estimate of drug-likeness (QED) is 0.822. The van der Waals surface area contributed by atoms with Crippen LogP contribution in [0.3, 0.4) is 0 Å². The van der Waals surface area contributed by atoms with Crippen molar-refractivity contribution in [3.05, 3.63) is 27.4 Å². The van der Waals surface area contributed by atoms with Crippen molar-refractivity contribution >= 4 is 37.6 Å². The maximum absolute atomic E-state index is 13.8. The van der Waals surface area contributed by atoms with Crippen LogP contribution in [0.25, 0.3) is 0 Å². The molecule has 0 amide bonds. The highest BCUT2D eigenvalue weighted by Gasteiger charge is 2.29. The van der Waals surface area contributed by atoms with Crippen LogP contribution < -0.4 is 5.32 Å². The van der Waals surface area contributed by atoms with E-state index in [1.54, 1.807) is 0 Å². The van der Waals surface area contributed by atoms with Gasteiger partial charge >= 0.3 is 0 Å². The van der Waals surface area contributed by atoms with E-state index in [-0.39, 0.29) is 9.92 Å². The van der Waals surface area contributed by atoms with Gasteiger partial charge in [-0.3, -0.25) is 0 Å². The molecule has 1 N–H and O–H groups in total. The smallest absolute Gasteiger partial charge is 0.246 e. The average Bonchev–Trinajstić information content (AvgIpc) is 2.34. The predicted octanol–water partition coefficient (Wildman–Crippen LogP) is 1.84. The summed E-state index contributed by atoms with van der Waals surface area (Å²) < 4.78 is 39.9. The number of halogens is 3. The fourth-order valence-corrected chi connectivity index (χ4v) is 3.78. The molecule has 0 bridgehead atoms. The van der Waals surface area contributed by atoms with Gasteiger partial charge in [0, 0.05) is 30.7 Å². The van der Waals surface area contributed by atoms with Gasteiger partial charge in [0.05, 0.1) is 5.02 Å². The Morgan fingerprint density at radius 2 is 1.94 bits per heavy atom. The van der Waals surface area contributed by atoms with Crippen LogP contribution in [-0.4, -0.2) is 38.9 Å². The van der Waals surface area contributed by atoms with E-state index in [2.05, 4.69) is 21.2 Å². The first-order valence-electron chi connectivity index (χ1n) is 5.28. The molecule has 0 saturated carbocycles. The molecule has 0 spiro atoms. The third-order valence-electron chi connectivity index (χ3n) is 2.67. The molecular formula is C10H11BrClFN2O2S. The Bertz CT molecular complexity index is 561. The number of benzene rings is 1. The fourth-order valence-electron chi connectivity index (χ4n) is 1.73. The number of nitrogens with zero attached hydrogens (tertiary/aromatic N) is 1. The zero-order valence-corrected chi connectivity index (χ0v) is 12.4. The minimum atomic E-state index is -3.82. The SMILES string of the molecule is O=S(=O)(c1cc(Cl)c(Br)cc1F)N1CCNCC1. The van der Waals surface area contributed by atoms with Crippen molar-refractivity contribution in [1.29, 1.82) is 0 Å². The van der Waals surface area contributed by atoms with E-state index in [1.807, 2.05) is 0 Å². The van der Waals surface area contributed by atoms with E-state index in [1.165, 1.54) is 4.31 Å². The van der Waals surface area contributed by atoms with Crippen molar-refractivity contribution < 1.29 is 12.8 Å². The van der Waals surface area contributed by atoms with Gasteiger partial charge in [-0.25, -0.2) is 12.8 Å². The highest BCUT2D eigenvalue weighted by molar-refractivity contribution is 9.10. The second kappa shape index (κ2) is 5.42. The minimum absolute atomic E-state index is 0.171. The van der Waals surface area contributed by atoms with Crippen LogP contribution >= 0.6 is 27.5 Å². The molecule has 100 valence electrons. The third-order valence-corrected chi connectivity index (χ3v) is 5.78. The van der Waals surface area contributed by atoms with Crippen LogP contribution in [0, 0.1) is 5.82 Å². The summed E-state index contributed by atoms with van der Waals surface area (Å²) in [5, 5.41) is 3.21. The molecule has 0 aromatic heterocycles. The van der Waals surface area contributed by atoms with Crippen LogP contribution in [0.4, 0.5) is 4.39 Å². The Morgan fingerprint density at radius 1 is 1.33 bits per heavy atom. The molecule has 1 saturated heterocycles. The second-order valence-electron chi connectivity index (χ2n) is 3.85. The first kappa shape index (κ1) is 14.2. The zero-order chi connectivity index (χ0) is 13.3. The first-order chi connectivity index (χ1) is 8.43. The van der Waals surface area contributed by atoms with Gasteiger partial charge in [0.2, 0.25) is 10.0 Å². The zero-order valence-electron chi connectivity index (χ0n) is 9.29. The van der Waals surface area contributed by atoms with Crippen molar-refractivity contribution in [1.82, 2.24) is 9.62 Å². The molecule has 8 heteroatoms. The highest BCUT2D eigenvalue weighted by Crippen LogP contribution is 2.29. The van der Waals surface area contributed by atoms with E-state index in [4.69, 9.17) is 11.6 Å². The standard InChI is InChI=1S/C10H11BrClFN2O2S/c11-7-5-9(13)10(6-8(7)12)18(16,17)15-3-1-14-2-4-15/h5-6,14H,1-4H2. The molecule has 0 radical (unpaired) electrons. The van der Waals surface area contributed by atoms with Gasteiger partial charge in [0.15, 0.2) is 0 Å². The molecule has 0 atom stereocenters. The summed E-state index contributed by atoms with van der Waals surface area (Å²) in [7, 11) is -3.82. The molecule has 1 aromatic carbocycles. The Kier molecular flexibility index (Phi) is 4.28. The van der Waals surface area contributed by atoms with E-state index in [9.17, 15) is 12.8 Å². The van der Waals surface area contributed by atoms with Crippen molar-refractivity contribution in [2.45, 2.75) is 4.90 Å². The molecule has 0 unspecified atom stereocenters. The van der Waals surface area contributed by atoms with Gasteiger partial charge in [-0.2, -0.15) is 4.31 Å². The van der Waals surface area contributed by atoms with E-state index >= 15 is 0 Å². The van der Waals surface area contributed by atoms with Gasteiger partial charge in [-0.05, 0) is 28.1 Å². The Hall–Kier alpha value is -0.210. The van der Waals surface area contributed by atoms with Gasteiger partial charge in [0.25, 0.3) is 0 Å². The lowest BCUT2D eigenvalue weighted by Gasteiger charge is -2.26. The Morgan fingerprint density at radius 3 is 2.56 bits per heavy atom. The number of hydrogen-bond donors (Lipinski definition) is 1. The predicted molar refractivity (Wildman–Crippen MR) is 70.7 cm³/mol. The maximum atomic E-state index is 13.8. The van der Waals surface area contributed by atoms with Crippen molar-refractivity contribution in [2.24, 2.45) is 0 Å². The lowest BCUT2D eigenvalue weighted by Crippen LogP contribution is -2.46. The van der Waals surface area contributed by atoms with E-state index in [0.29, 0.717) is 30.7 Å². The number of hydrogen-bond acceptors (Lipinski definition) is 3. The molecule has 1 aliphatic rings. The average molecular weight is 358 g/mol. The largest absolute Gasteiger partial charge is 0.314 e. The molecule has 1 aromatic rings. The minimum Gasteiger partial charge on any atom is -0.314 e. The summed E-state index contributed by atoms with van der Waals surface area (Å²) in [5.41, 5.74) is 0. The van der Waals surface area contributed by atoms with Gasteiger partial charge < -0.3 is 5.32 Å². The summed E-state index contributed by atoms with van der Waals surface area (Å²) in [6.45, 7) is 1.78. The second-order valence-corrected chi connectivity index (χ2v) is 7.02. The lowest BCUT2D eigenvalue weighted by molar-refractivity contribution is 0.358. The number of sulfonamides is 1. The monoisotopic (exact) mass is 356 g/mol. The van der Waals surface area contributed by atoms with Crippen molar-refractivity contribution in [2.75, 3.05) is 26.2 Å². The molecule has 1 aliphatic heterocycles. The molecule has 1 heterocycles. The van der Waals surface area contributed by atoms with Crippen molar-refractivity contribution in [3.63, 3.8) is 0 Å². The summed E-state index contributed by atoms with van der Waals surface area (Å²) in [6, 6.07) is 2.20. The molecule has 0 aliphatic carbocycles. The number of piperazine rings is 1. The van der Waals surface area contributed by atoms with Gasteiger partial charge in [0.1, 0.15) is 10.7 Å². The molecule has 2 rings (SSSR count). The maximum Gasteiger partial charge on any atom is 0.246 e. The number of nitrogens with one attached hydrogen (secondary N) is 1. The molecular weight excluding hydrogens is 347 g/mol. The summed E-state index contributed by atoms with van der Waals surface area (Å²) >= 11 is 8.87. The summed E-state index contributed by atoms with van der Waals surface area (Å²) in [6.07, 6.45) is 0. The Balaban J connectivity index is 2.43. The molecule has 18 heavy (non-hydrogen) atoms. The van der Waals surface area contributed by atoms with Crippen LogP contribution in [0.5, 0.6) is 0 Å². The van der Waals surface area contributed by atoms with E-state index in [0.717, 1.165) is 12.1 Å². The summed E-state index contributed by atoms with van der Waals surface area (Å²) in [5.74, 6) is -0.801. The van der Waals surface area contributed by atoms with Crippen LogP contribution in [-0.2, 0) is 10.0 Å². The van der Waals surface area contributed by atoms with Crippen LogP contribution in [0.1, 0.15) is 0 Å². The first-order valence-corrected chi connectivity index (χ1v) is 7.89. The van der Waals surface area contributed by atoms with Crippen molar-refractivity contribution in [3.8, 4) is 0 Å². The van der Waals surface area contributed by atoms with Gasteiger partial charge in [-0.1, -0.05) is 11.6 Å². The number of rotatable bonds is 2. The van der Waals surface area contributed by atoms with Gasteiger partial charge in [-0.15, -0.1) is 0 Å². The topological polar surface area (TPSA) is 49.4 Å². The van der Waals surface area contributed by atoms with Crippen LogP contribution in [0.2, 0.25) is 5.02 Å². The highest BCUT2D eigenvalue weighted by atomic mass is 79.9. The summed E-state index contributed by atoms with van der Waals surface area (Å²) in [4.78, 5) is -0.377. The fraction of sp³-hybridized carbons (Fsp3) is 0.400. The Labute approximate surface area is 118 Å². The van der Waals surface area contributed by atoms with Crippen LogP contribution in [0.15, 0.2) is 21.5 Å². The molecule has 1 fully saturated rings.